The zero-order valence-corrected chi connectivity index (χ0v) is 22.2. The Morgan fingerprint density at radius 2 is 1.95 bits per heavy atom. The lowest BCUT2D eigenvalue weighted by Gasteiger charge is -2.32. The molecule has 1 atom stereocenters. The highest BCUT2D eigenvalue weighted by atomic mass is 16.5. The Hall–Kier alpha value is -4.34. The molecule has 39 heavy (non-hydrogen) atoms. The fraction of sp³-hybridized carbons (Fsp3) is 0.379. The average Bonchev–Trinajstić information content (AvgIpc) is 3.73. The van der Waals surface area contributed by atoms with Crippen molar-refractivity contribution in [1.82, 2.24) is 25.2 Å². The molecule has 2 aromatic carbocycles. The van der Waals surface area contributed by atoms with Crippen LogP contribution in [0.2, 0.25) is 0 Å². The van der Waals surface area contributed by atoms with Gasteiger partial charge in [-0.2, -0.15) is 0 Å². The second-order valence-electron chi connectivity index (χ2n) is 9.57. The van der Waals surface area contributed by atoms with Gasteiger partial charge in [0.15, 0.2) is 11.5 Å². The molecule has 2 aromatic heterocycles. The summed E-state index contributed by atoms with van der Waals surface area (Å²) in [5.41, 5.74) is 2.03. The number of benzene rings is 2. The molecule has 1 N–H and O–H groups in total. The van der Waals surface area contributed by atoms with E-state index in [1.165, 1.54) is 4.90 Å². The number of fused-ring (bicyclic) bond motifs is 1. The van der Waals surface area contributed by atoms with Crippen LogP contribution in [0, 0.1) is 0 Å². The Bertz CT molecular complexity index is 1410. The van der Waals surface area contributed by atoms with E-state index in [9.17, 15) is 9.59 Å². The van der Waals surface area contributed by atoms with Crippen molar-refractivity contribution in [2.75, 3.05) is 13.7 Å². The molecular formula is C29H33N5O5. The summed E-state index contributed by atoms with van der Waals surface area (Å²) in [4.78, 5) is 29.5. The van der Waals surface area contributed by atoms with Crippen LogP contribution in [0.25, 0.3) is 11.0 Å². The molecule has 2 heterocycles. The molecule has 5 rings (SSSR count). The molecule has 0 radical (unpaired) electrons. The number of amides is 2. The number of nitrogens with one attached hydrogen (secondary N) is 1. The standard InChI is InChI=1S/C29H33N5O5/c1-3-38-25-15-14-20(17-26(25)37-2)28(29(36)30-21-9-4-5-10-21)33(18-22-11-8-16-39-22)27(35)19-34-24-13-7-6-12-23(24)31-32-34/h6-8,11-17,21,28H,3-5,9-10,18-19H2,1-2H3,(H,30,36). The molecule has 2 amide bonds. The number of ether oxygens (including phenoxy) is 2. The number of aromatic nitrogens is 3. The summed E-state index contributed by atoms with van der Waals surface area (Å²) in [7, 11) is 1.55. The predicted molar refractivity (Wildman–Crippen MR) is 144 cm³/mol. The van der Waals surface area contributed by atoms with Gasteiger partial charge in [0.05, 0.1) is 32.0 Å². The first-order valence-electron chi connectivity index (χ1n) is 13.3. The maximum Gasteiger partial charge on any atom is 0.247 e. The Balaban J connectivity index is 1.54. The Morgan fingerprint density at radius 3 is 2.69 bits per heavy atom. The first-order chi connectivity index (χ1) is 19.1. The van der Waals surface area contributed by atoms with Crippen LogP contribution in [-0.4, -0.2) is 51.5 Å². The number of hydrogen-bond donors (Lipinski definition) is 1. The van der Waals surface area contributed by atoms with Gasteiger partial charge in [-0.05, 0) is 61.7 Å². The number of furan rings is 1. The molecule has 1 aliphatic rings. The van der Waals surface area contributed by atoms with Gasteiger partial charge in [-0.15, -0.1) is 5.10 Å². The highest BCUT2D eigenvalue weighted by molar-refractivity contribution is 5.89. The van der Waals surface area contributed by atoms with Crippen LogP contribution in [-0.2, 0) is 22.7 Å². The van der Waals surface area contributed by atoms with E-state index in [1.54, 1.807) is 48.4 Å². The largest absolute Gasteiger partial charge is 0.493 e. The first-order valence-corrected chi connectivity index (χ1v) is 13.3. The summed E-state index contributed by atoms with van der Waals surface area (Å²) < 4.78 is 18.4. The van der Waals surface area contributed by atoms with E-state index in [4.69, 9.17) is 13.9 Å². The lowest BCUT2D eigenvalue weighted by Crippen LogP contribution is -2.46. The number of methoxy groups -OCH3 is 1. The van der Waals surface area contributed by atoms with Crippen LogP contribution in [0.15, 0.2) is 65.3 Å². The van der Waals surface area contributed by atoms with Gasteiger partial charge in [0.25, 0.3) is 0 Å². The smallest absolute Gasteiger partial charge is 0.247 e. The number of para-hydroxylation sites is 1. The molecule has 10 heteroatoms. The Labute approximate surface area is 226 Å². The molecule has 1 saturated carbocycles. The quantitative estimate of drug-likeness (QED) is 0.308. The predicted octanol–water partition coefficient (Wildman–Crippen LogP) is 4.26. The highest BCUT2D eigenvalue weighted by Gasteiger charge is 2.34. The van der Waals surface area contributed by atoms with Crippen LogP contribution in [0.4, 0.5) is 0 Å². The second kappa shape index (κ2) is 12.0. The molecule has 1 unspecified atom stereocenters. The highest BCUT2D eigenvalue weighted by Crippen LogP contribution is 2.34. The Morgan fingerprint density at radius 1 is 1.13 bits per heavy atom. The summed E-state index contributed by atoms with van der Waals surface area (Å²) in [5, 5.41) is 11.6. The van der Waals surface area contributed by atoms with E-state index in [0.717, 1.165) is 31.2 Å². The van der Waals surface area contributed by atoms with Gasteiger partial charge in [-0.3, -0.25) is 9.59 Å². The van der Waals surface area contributed by atoms with Crippen molar-refractivity contribution in [3.05, 3.63) is 72.2 Å². The SMILES string of the molecule is CCOc1ccc(C(C(=O)NC2CCCC2)N(Cc2ccco2)C(=O)Cn2nnc3ccccc32)cc1OC. The normalized spacial score (nSPS) is 14.3. The average molecular weight is 532 g/mol. The van der Waals surface area contributed by atoms with E-state index in [1.807, 2.05) is 31.2 Å². The minimum Gasteiger partial charge on any atom is -0.493 e. The summed E-state index contributed by atoms with van der Waals surface area (Å²) >= 11 is 0. The van der Waals surface area contributed by atoms with Gasteiger partial charge in [-0.1, -0.05) is 36.3 Å². The van der Waals surface area contributed by atoms with Gasteiger partial charge >= 0.3 is 0 Å². The minimum atomic E-state index is -0.942. The first kappa shape index (κ1) is 26.3. The van der Waals surface area contributed by atoms with Gasteiger partial charge in [0, 0.05) is 6.04 Å². The lowest BCUT2D eigenvalue weighted by molar-refractivity contribution is -0.142. The monoisotopic (exact) mass is 531 g/mol. The van der Waals surface area contributed by atoms with E-state index < -0.39 is 6.04 Å². The van der Waals surface area contributed by atoms with Crippen LogP contribution in [0.5, 0.6) is 11.5 Å². The molecule has 0 saturated heterocycles. The minimum absolute atomic E-state index is 0.0735. The molecule has 4 aromatic rings. The molecule has 0 aliphatic heterocycles. The summed E-state index contributed by atoms with van der Waals surface area (Å²) in [6.07, 6.45) is 5.53. The molecule has 10 nitrogen and oxygen atoms in total. The summed E-state index contributed by atoms with van der Waals surface area (Å²) in [6.45, 7) is 2.36. The summed E-state index contributed by atoms with van der Waals surface area (Å²) in [5.74, 6) is 1.05. The third-order valence-corrected chi connectivity index (χ3v) is 7.00. The molecule has 1 fully saturated rings. The van der Waals surface area contributed by atoms with E-state index in [2.05, 4.69) is 15.6 Å². The van der Waals surface area contributed by atoms with Crippen LogP contribution in [0.3, 0.4) is 0 Å². The maximum atomic E-state index is 14.0. The van der Waals surface area contributed by atoms with Crippen molar-refractivity contribution >= 4 is 22.8 Å². The number of rotatable bonds is 11. The van der Waals surface area contributed by atoms with Gasteiger partial charge in [0.1, 0.15) is 23.9 Å². The third kappa shape index (κ3) is 5.89. The van der Waals surface area contributed by atoms with Crippen molar-refractivity contribution in [2.45, 2.75) is 57.8 Å². The zero-order chi connectivity index (χ0) is 27.2. The third-order valence-electron chi connectivity index (χ3n) is 7.00. The number of carbonyl (C=O) groups excluding carboxylic acids is 2. The summed E-state index contributed by atoms with van der Waals surface area (Å²) in [6, 6.07) is 15.5. The fourth-order valence-electron chi connectivity index (χ4n) is 5.10. The Kier molecular flexibility index (Phi) is 8.10. The number of hydrogen-bond acceptors (Lipinski definition) is 7. The molecule has 204 valence electrons. The van der Waals surface area contributed by atoms with E-state index in [0.29, 0.717) is 34.9 Å². The van der Waals surface area contributed by atoms with Crippen LogP contribution >= 0.6 is 0 Å². The van der Waals surface area contributed by atoms with E-state index >= 15 is 0 Å². The van der Waals surface area contributed by atoms with E-state index in [-0.39, 0.29) is 30.9 Å². The van der Waals surface area contributed by atoms with Crippen molar-refractivity contribution in [1.29, 1.82) is 0 Å². The van der Waals surface area contributed by atoms with Crippen molar-refractivity contribution in [3.8, 4) is 11.5 Å². The van der Waals surface area contributed by atoms with Crippen molar-refractivity contribution < 1.29 is 23.5 Å². The van der Waals surface area contributed by atoms with Crippen LogP contribution in [0.1, 0.15) is 50.0 Å². The second-order valence-corrected chi connectivity index (χ2v) is 9.57. The number of carbonyl (C=O) groups is 2. The topological polar surface area (TPSA) is 112 Å². The molecule has 0 spiro atoms. The van der Waals surface area contributed by atoms with Crippen molar-refractivity contribution in [3.63, 3.8) is 0 Å². The lowest BCUT2D eigenvalue weighted by atomic mass is 10.0. The van der Waals surface area contributed by atoms with Gasteiger partial charge in [-0.25, -0.2) is 4.68 Å². The maximum absolute atomic E-state index is 14.0. The molecule has 0 bridgehead atoms. The fourth-order valence-corrected chi connectivity index (χ4v) is 5.10. The molecular weight excluding hydrogens is 498 g/mol. The van der Waals surface area contributed by atoms with Gasteiger partial charge in [0.2, 0.25) is 11.8 Å². The van der Waals surface area contributed by atoms with Gasteiger partial charge < -0.3 is 24.1 Å². The number of nitrogens with zero attached hydrogens (tertiary/aromatic N) is 4. The van der Waals surface area contributed by atoms with Crippen LogP contribution < -0.4 is 14.8 Å². The molecule has 1 aliphatic carbocycles. The van der Waals surface area contributed by atoms with Crippen molar-refractivity contribution in [2.24, 2.45) is 0 Å². The zero-order valence-electron chi connectivity index (χ0n) is 22.2.